The van der Waals surface area contributed by atoms with Gasteiger partial charge < -0.3 is 16.2 Å². The maximum absolute atomic E-state index is 11.7. The van der Waals surface area contributed by atoms with Crippen molar-refractivity contribution in [2.75, 3.05) is 5.73 Å². The standard InChI is InChI=1S/C10H11N3O5/c1-5(10(15)16)12-9(14)6-3-2-4-7(8(6)11)13(17)18/h2-5H,11H2,1H3,(H,12,14)(H,15,16)/t5-/m0/s1. The third-order valence-corrected chi connectivity index (χ3v) is 2.24. The smallest absolute Gasteiger partial charge is 0.325 e. The summed E-state index contributed by atoms with van der Waals surface area (Å²) in [6.07, 6.45) is 0. The molecule has 8 nitrogen and oxygen atoms in total. The van der Waals surface area contributed by atoms with E-state index < -0.39 is 28.5 Å². The lowest BCUT2D eigenvalue weighted by Crippen LogP contribution is -2.38. The highest BCUT2D eigenvalue weighted by atomic mass is 16.6. The predicted octanol–water partition coefficient (Wildman–Crippen LogP) is 0.380. The van der Waals surface area contributed by atoms with Crippen LogP contribution in [-0.4, -0.2) is 27.9 Å². The number of hydrogen-bond acceptors (Lipinski definition) is 5. The van der Waals surface area contributed by atoms with Crippen molar-refractivity contribution in [2.45, 2.75) is 13.0 Å². The molecule has 0 radical (unpaired) electrons. The quantitative estimate of drug-likeness (QED) is 0.403. The summed E-state index contributed by atoms with van der Waals surface area (Å²) >= 11 is 0. The van der Waals surface area contributed by atoms with Gasteiger partial charge in [0, 0.05) is 6.07 Å². The van der Waals surface area contributed by atoms with Gasteiger partial charge in [-0.3, -0.25) is 19.7 Å². The van der Waals surface area contributed by atoms with Crippen molar-refractivity contribution in [3.8, 4) is 0 Å². The van der Waals surface area contributed by atoms with Crippen LogP contribution in [0.5, 0.6) is 0 Å². The van der Waals surface area contributed by atoms with Gasteiger partial charge >= 0.3 is 5.97 Å². The van der Waals surface area contributed by atoms with Crippen LogP contribution in [0.3, 0.4) is 0 Å². The zero-order valence-corrected chi connectivity index (χ0v) is 9.41. The largest absolute Gasteiger partial charge is 0.480 e. The molecular formula is C10H11N3O5. The third kappa shape index (κ3) is 2.73. The van der Waals surface area contributed by atoms with Crippen LogP contribution in [0.4, 0.5) is 11.4 Å². The number of anilines is 1. The maximum Gasteiger partial charge on any atom is 0.325 e. The number of nitrogens with one attached hydrogen (secondary N) is 1. The molecule has 18 heavy (non-hydrogen) atoms. The number of carboxylic acid groups (broad SMARTS) is 1. The molecule has 1 aromatic carbocycles. The Morgan fingerprint density at radius 3 is 2.61 bits per heavy atom. The van der Waals surface area contributed by atoms with E-state index in [2.05, 4.69) is 5.32 Å². The van der Waals surface area contributed by atoms with Gasteiger partial charge in [-0.25, -0.2) is 0 Å². The maximum atomic E-state index is 11.7. The summed E-state index contributed by atoms with van der Waals surface area (Å²) in [6.45, 7) is 1.27. The molecule has 0 bridgehead atoms. The number of amides is 1. The summed E-state index contributed by atoms with van der Waals surface area (Å²) in [5.41, 5.74) is 4.67. The molecule has 0 aliphatic rings. The van der Waals surface area contributed by atoms with E-state index in [0.29, 0.717) is 0 Å². The SMILES string of the molecule is C[C@H](NC(=O)c1cccc([N+](=O)[O-])c1N)C(=O)O. The lowest BCUT2D eigenvalue weighted by molar-refractivity contribution is -0.383. The Morgan fingerprint density at radius 2 is 2.11 bits per heavy atom. The number of carbonyl (C=O) groups excluding carboxylic acids is 1. The first-order valence-corrected chi connectivity index (χ1v) is 4.91. The Hall–Kier alpha value is -2.64. The van der Waals surface area contributed by atoms with Crippen molar-refractivity contribution in [1.29, 1.82) is 0 Å². The van der Waals surface area contributed by atoms with E-state index in [9.17, 15) is 19.7 Å². The molecule has 0 unspecified atom stereocenters. The number of hydrogen-bond donors (Lipinski definition) is 3. The van der Waals surface area contributed by atoms with Crippen LogP contribution >= 0.6 is 0 Å². The average Bonchev–Trinajstić information content (AvgIpc) is 2.28. The van der Waals surface area contributed by atoms with Crippen LogP contribution in [0.1, 0.15) is 17.3 Å². The molecule has 0 spiro atoms. The number of benzene rings is 1. The Balaban J connectivity index is 3.04. The number of rotatable bonds is 4. The predicted molar refractivity (Wildman–Crippen MR) is 62.1 cm³/mol. The normalized spacial score (nSPS) is 11.6. The molecule has 1 atom stereocenters. The van der Waals surface area contributed by atoms with Crippen LogP contribution in [0, 0.1) is 10.1 Å². The minimum absolute atomic E-state index is 0.128. The lowest BCUT2D eigenvalue weighted by atomic mass is 10.1. The summed E-state index contributed by atoms with van der Waals surface area (Å²) < 4.78 is 0. The average molecular weight is 253 g/mol. The summed E-state index contributed by atoms with van der Waals surface area (Å²) in [6, 6.07) is 2.63. The highest BCUT2D eigenvalue weighted by Crippen LogP contribution is 2.24. The van der Waals surface area contributed by atoms with Crippen LogP contribution in [-0.2, 0) is 4.79 Å². The van der Waals surface area contributed by atoms with Gasteiger partial charge in [0.1, 0.15) is 11.7 Å². The molecule has 1 amide bonds. The van der Waals surface area contributed by atoms with E-state index in [1.807, 2.05) is 0 Å². The summed E-state index contributed by atoms with van der Waals surface area (Å²) in [4.78, 5) is 32.2. The Bertz CT molecular complexity index is 514. The molecule has 1 aromatic rings. The second-order valence-corrected chi connectivity index (χ2v) is 3.53. The van der Waals surface area contributed by atoms with Gasteiger partial charge in [0.25, 0.3) is 11.6 Å². The lowest BCUT2D eigenvalue weighted by Gasteiger charge is -2.10. The van der Waals surface area contributed by atoms with Crippen molar-refractivity contribution in [1.82, 2.24) is 5.32 Å². The summed E-state index contributed by atoms with van der Waals surface area (Å²) in [7, 11) is 0. The number of nitro groups is 1. The fraction of sp³-hybridized carbons (Fsp3) is 0.200. The molecule has 1 rings (SSSR count). The minimum Gasteiger partial charge on any atom is -0.480 e. The molecular weight excluding hydrogens is 242 g/mol. The van der Waals surface area contributed by atoms with E-state index in [1.165, 1.54) is 19.1 Å². The zero-order chi connectivity index (χ0) is 13.9. The van der Waals surface area contributed by atoms with Crippen molar-refractivity contribution in [3.63, 3.8) is 0 Å². The first-order chi connectivity index (χ1) is 8.34. The number of para-hydroxylation sites is 1. The van der Waals surface area contributed by atoms with Gasteiger partial charge in [0.05, 0.1) is 10.5 Å². The van der Waals surface area contributed by atoms with Crippen LogP contribution in [0.25, 0.3) is 0 Å². The number of carboxylic acids is 1. The van der Waals surface area contributed by atoms with Crippen molar-refractivity contribution in [3.05, 3.63) is 33.9 Å². The fourth-order valence-electron chi connectivity index (χ4n) is 1.25. The van der Waals surface area contributed by atoms with Gasteiger partial charge in [0.2, 0.25) is 0 Å². The second kappa shape index (κ2) is 5.13. The summed E-state index contributed by atoms with van der Waals surface area (Å²) in [5.74, 6) is -1.99. The van der Waals surface area contributed by atoms with E-state index >= 15 is 0 Å². The third-order valence-electron chi connectivity index (χ3n) is 2.24. The van der Waals surface area contributed by atoms with E-state index in [-0.39, 0.29) is 11.3 Å². The van der Waals surface area contributed by atoms with E-state index in [0.717, 1.165) is 6.07 Å². The molecule has 4 N–H and O–H groups in total. The highest BCUT2D eigenvalue weighted by molar-refractivity contribution is 6.02. The van der Waals surface area contributed by atoms with Gasteiger partial charge in [-0.2, -0.15) is 0 Å². The van der Waals surface area contributed by atoms with Crippen LogP contribution in [0.15, 0.2) is 18.2 Å². The fourth-order valence-corrected chi connectivity index (χ4v) is 1.25. The van der Waals surface area contributed by atoms with Gasteiger partial charge in [-0.05, 0) is 13.0 Å². The number of nitro benzene ring substituents is 1. The van der Waals surface area contributed by atoms with Gasteiger partial charge in [0.15, 0.2) is 0 Å². The molecule has 0 heterocycles. The highest BCUT2D eigenvalue weighted by Gasteiger charge is 2.21. The molecule has 8 heteroatoms. The van der Waals surface area contributed by atoms with Crippen molar-refractivity contribution >= 4 is 23.3 Å². The van der Waals surface area contributed by atoms with Crippen LogP contribution < -0.4 is 11.1 Å². The number of nitrogens with two attached hydrogens (primary N) is 1. The molecule has 0 saturated carbocycles. The van der Waals surface area contributed by atoms with Crippen molar-refractivity contribution in [2.24, 2.45) is 0 Å². The molecule has 0 aliphatic heterocycles. The number of nitrogen functional groups attached to an aromatic ring is 1. The van der Waals surface area contributed by atoms with Crippen molar-refractivity contribution < 1.29 is 19.6 Å². The number of carbonyl (C=O) groups is 2. The van der Waals surface area contributed by atoms with Crippen LogP contribution in [0.2, 0.25) is 0 Å². The van der Waals surface area contributed by atoms with Gasteiger partial charge in [-0.1, -0.05) is 6.07 Å². The summed E-state index contributed by atoms with van der Waals surface area (Å²) in [5, 5.41) is 21.4. The molecule has 0 saturated heterocycles. The first kappa shape index (κ1) is 13.4. The monoisotopic (exact) mass is 253 g/mol. The minimum atomic E-state index is -1.22. The second-order valence-electron chi connectivity index (χ2n) is 3.53. The molecule has 96 valence electrons. The zero-order valence-electron chi connectivity index (χ0n) is 9.41. The topological polar surface area (TPSA) is 136 Å². The Morgan fingerprint density at radius 1 is 1.50 bits per heavy atom. The molecule has 0 aromatic heterocycles. The van der Waals surface area contributed by atoms with E-state index in [4.69, 9.17) is 10.8 Å². The van der Waals surface area contributed by atoms with E-state index in [1.54, 1.807) is 0 Å². The molecule has 0 aliphatic carbocycles. The Kier molecular flexibility index (Phi) is 3.82. The van der Waals surface area contributed by atoms with Gasteiger partial charge in [-0.15, -0.1) is 0 Å². The number of nitrogens with zero attached hydrogens (tertiary/aromatic N) is 1. The molecule has 0 fully saturated rings. The number of aliphatic carboxylic acids is 1. The first-order valence-electron chi connectivity index (χ1n) is 4.91. The Labute approximate surface area is 102 Å².